The molecule has 0 bridgehead atoms. The van der Waals surface area contributed by atoms with Crippen molar-refractivity contribution in [2.45, 2.75) is 12.6 Å². The molecule has 0 aromatic heterocycles. The van der Waals surface area contributed by atoms with E-state index in [0.29, 0.717) is 5.56 Å². The number of nitrogens with zero attached hydrogens (tertiary/aromatic N) is 1. The van der Waals surface area contributed by atoms with Gasteiger partial charge >= 0.3 is 6.03 Å². The topological polar surface area (TPSA) is 75.4 Å². The lowest BCUT2D eigenvalue weighted by Crippen LogP contribution is -2.59. The van der Waals surface area contributed by atoms with Crippen molar-refractivity contribution in [2.24, 2.45) is 5.73 Å². The average Bonchev–Trinajstić information content (AvgIpc) is 2.28. The SMILES string of the molecule is CC1(N)C=CN(C(=O)c2ccccc2)C(=O)N1. The van der Waals surface area contributed by atoms with Crippen molar-refractivity contribution in [3.63, 3.8) is 0 Å². The lowest BCUT2D eigenvalue weighted by atomic mass is 10.1. The molecule has 88 valence electrons. The van der Waals surface area contributed by atoms with E-state index in [2.05, 4.69) is 5.32 Å². The van der Waals surface area contributed by atoms with E-state index in [4.69, 9.17) is 5.73 Å². The van der Waals surface area contributed by atoms with E-state index in [1.807, 2.05) is 0 Å². The molecule has 3 N–H and O–H groups in total. The molecule has 1 aliphatic rings. The Morgan fingerprint density at radius 1 is 1.35 bits per heavy atom. The Labute approximate surface area is 98.9 Å². The predicted molar refractivity (Wildman–Crippen MR) is 62.9 cm³/mol. The largest absolute Gasteiger partial charge is 0.330 e. The van der Waals surface area contributed by atoms with Gasteiger partial charge in [-0.2, -0.15) is 0 Å². The molecule has 0 saturated heterocycles. The van der Waals surface area contributed by atoms with Crippen LogP contribution in [0.3, 0.4) is 0 Å². The number of urea groups is 1. The summed E-state index contributed by atoms with van der Waals surface area (Å²) in [4.78, 5) is 24.7. The third-order valence-corrected chi connectivity index (χ3v) is 2.40. The smallest absolute Gasteiger partial charge is 0.316 e. The van der Waals surface area contributed by atoms with Gasteiger partial charge in [0.25, 0.3) is 5.91 Å². The van der Waals surface area contributed by atoms with Gasteiger partial charge in [-0.15, -0.1) is 0 Å². The molecule has 0 spiro atoms. The second kappa shape index (κ2) is 4.03. The van der Waals surface area contributed by atoms with Gasteiger partial charge in [-0.05, 0) is 25.1 Å². The van der Waals surface area contributed by atoms with Crippen molar-refractivity contribution in [2.75, 3.05) is 0 Å². The molecule has 1 aromatic carbocycles. The number of carbonyl (C=O) groups is 2. The Kier molecular flexibility index (Phi) is 2.69. The Hall–Kier alpha value is -2.14. The Balaban J connectivity index is 2.25. The van der Waals surface area contributed by atoms with E-state index < -0.39 is 11.7 Å². The van der Waals surface area contributed by atoms with Gasteiger partial charge in [0, 0.05) is 11.8 Å². The first-order chi connectivity index (χ1) is 7.99. The molecule has 0 saturated carbocycles. The molecule has 0 fully saturated rings. The van der Waals surface area contributed by atoms with Crippen LogP contribution in [0.25, 0.3) is 0 Å². The fraction of sp³-hybridized carbons (Fsp3) is 0.167. The first-order valence-corrected chi connectivity index (χ1v) is 5.19. The van der Waals surface area contributed by atoms with Crippen LogP contribution in [-0.4, -0.2) is 22.5 Å². The summed E-state index contributed by atoms with van der Waals surface area (Å²) in [5, 5.41) is 2.51. The van der Waals surface area contributed by atoms with Crippen LogP contribution in [0.5, 0.6) is 0 Å². The Morgan fingerprint density at radius 2 is 2.00 bits per heavy atom. The number of hydrogen-bond acceptors (Lipinski definition) is 3. The molecular weight excluding hydrogens is 218 g/mol. The number of benzene rings is 1. The lowest BCUT2D eigenvalue weighted by Gasteiger charge is -2.30. The highest BCUT2D eigenvalue weighted by molar-refractivity contribution is 6.05. The molecule has 17 heavy (non-hydrogen) atoms. The van der Waals surface area contributed by atoms with Crippen molar-refractivity contribution in [1.82, 2.24) is 10.2 Å². The number of hydrogen-bond donors (Lipinski definition) is 2. The third-order valence-electron chi connectivity index (χ3n) is 2.40. The fourth-order valence-electron chi connectivity index (χ4n) is 1.51. The number of rotatable bonds is 1. The van der Waals surface area contributed by atoms with Crippen LogP contribution in [0.15, 0.2) is 42.6 Å². The molecular formula is C12H13N3O2. The maximum atomic E-state index is 12.0. The fourth-order valence-corrected chi connectivity index (χ4v) is 1.51. The molecule has 2 rings (SSSR count). The maximum absolute atomic E-state index is 12.0. The van der Waals surface area contributed by atoms with Crippen LogP contribution in [-0.2, 0) is 0 Å². The number of nitrogens with one attached hydrogen (secondary N) is 1. The zero-order valence-electron chi connectivity index (χ0n) is 9.38. The molecule has 1 aliphatic heterocycles. The zero-order valence-corrected chi connectivity index (χ0v) is 9.38. The Morgan fingerprint density at radius 3 is 2.59 bits per heavy atom. The van der Waals surface area contributed by atoms with E-state index in [1.54, 1.807) is 43.3 Å². The first kappa shape index (κ1) is 11.3. The maximum Gasteiger partial charge on any atom is 0.330 e. The van der Waals surface area contributed by atoms with E-state index in [1.165, 1.54) is 6.20 Å². The van der Waals surface area contributed by atoms with Crippen molar-refractivity contribution < 1.29 is 9.59 Å². The van der Waals surface area contributed by atoms with E-state index in [-0.39, 0.29) is 5.91 Å². The summed E-state index contributed by atoms with van der Waals surface area (Å²) in [5.41, 5.74) is 5.25. The summed E-state index contributed by atoms with van der Waals surface area (Å²) < 4.78 is 0. The lowest BCUT2D eigenvalue weighted by molar-refractivity contribution is 0.0842. The molecule has 1 atom stereocenters. The van der Waals surface area contributed by atoms with Crippen molar-refractivity contribution in [1.29, 1.82) is 0 Å². The molecule has 1 unspecified atom stereocenters. The number of nitrogens with two attached hydrogens (primary N) is 1. The summed E-state index contributed by atoms with van der Waals surface area (Å²) >= 11 is 0. The Bertz CT molecular complexity index is 480. The first-order valence-electron chi connectivity index (χ1n) is 5.19. The quantitative estimate of drug-likeness (QED) is 0.758. The standard InChI is InChI=1S/C12H13N3O2/c1-12(13)7-8-15(11(17)14-12)10(16)9-5-3-2-4-6-9/h2-8H,13H2,1H3,(H,14,17). The van der Waals surface area contributed by atoms with E-state index in [9.17, 15) is 9.59 Å². The normalized spacial score (nSPS) is 23.4. The average molecular weight is 231 g/mol. The molecule has 0 radical (unpaired) electrons. The minimum atomic E-state index is -0.912. The molecule has 3 amide bonds. The van der Waals surface area contributed by atoms with Gasteiger partial charge in [-0.1, -0.05) is 18.2 Å². The highest BCUT2D eigenvalue weighted by atomic mass is 16.2. The molecule has 1 aromatic rings. The summed E-state index contributed by atoms with van der Waals surface area (Å²) in [6.45, 7) is 1.64. The number of imide groups is 1. The van der Waals surface area contributed by atoms with Gasteiger partial charge in [-0.25, -0.2) is 9.69 Å². The van der Waals surface area contributed by atoms with Crippen LogP contribution in [0.1, 0.15) is 17.3 Å². The summed E-state index contributed by atoms with van der Waals surface area (Å²) in [6, 6.07) is 8.07. The monoisotopic (exact) mass is 231 g/mol. The van der Waals surface area contributed by atoms with Crippen molar-refractivity contribution >= 4 is 11.9 Å². The van der Waals surface area contributed by atoms with Crippen molar-refractivity contribution in [3.05, 3.63) is 48.2 Å². The van der Waals surface area contributed by atoms with E-state index in [0.717, 1.165) is 4.90 Å². The molecule has 0 aliphatic carbocycles. The van der Waals surface area contributed by atoms with Gasteiger partial charge in [-0.3, -0.25) is 4.79 Å². The van der Waals surface area contributed by atoms with Gasteiger partial charge in [0.05, 0.1) is 0 Å². The second-order valence-corrected chi connectivity index (χ2v) is 4.07. The molecule has 1 heterocycles. The van der Waals surface area contributed by atoms with Gasteiger partial charge in [0.1, 0.15) is 5.66 Å². The van der Waals surface area contributed by atoms with Crippen LogP contribution in [0.4, 0.5) is 4.79 Å². The minimum Gasteiger partial charge on any atom is -0.316 e. The zero-order chi connectivity index (χ0) is 12.5. The minimum absolute atomic E-state index is 0.380. The van der Waals surface area contributed by atoms with Crippen LogP contribution < -0.4 is 11.1 Å². The highest BCUT2D eigenvalue weighted by Gasteiger charge is 2.30. The van der Waals surface area contributed by atoms with Crippen LogP contribution >= 0.6 is 0 Å². The summed E-state index contributed by atoms with van der Waals surface area (Å²) in [5.74, 6) is -0.380. The van der Waals surface area contributed by atoms with Gasteiger partial charge < -0.3 is 11.1 Å². The predicted octanol–water partition coefficient (Wildman–Crippen LogP) is 1.04. The van der Waals surface area contributed by atoms with Gasteiger partial charge in [0.2, 0.25) is 0 Å². The van der Waals surface area contributed by atoms with Crippen LogP contribution in [0, 0.1) is 0 Å². The van der Waals surface area contributed by atoms with Crippen LogP contribution in [0.2, 0.25) is 0 Å². The number of amides is 3. The molecule has 5 heteroatoms. The summed E-state index contributed by atoms with van der Waals surface area (Å²) in [6.07, 6.45) is 2.96. The second-order valence-electron chi connectivity index (χ2n) is 4.07. The number of carbonyl (C=O) groups excluding carboxylic acids is 2. The highest BCUT2D eigenvalue weighted by Crippen LogP contribution is 2.12. The van der Waals surface area contributed by atoms with E-state index >= 15 is 0 Å². The summed E-state index contributed by atoms with van der Waals surface area (Å²) in [7, 11) is 0. The van der Waals surface area contributed by atoms with Gasteiger partial charge in [0.15, 0.2) is 0 Å². The third kappa shape index (κ3) is 2.34. The van der Waals surface area contributed by atoms with Crippen molar-refractivity contribution in [3.8, 4) is 0 Å². The molecule has 5 nitrogen and oxygen atoms in total.